The van der Waals surface area contributed by atoms with E-state index in [1.807, 2.05) is 23.6 Å². The van der Waals surface area contributed by atoms with Crippen LogP contribution in [0.15, 0.2) is 64.3 Å². The minimum Gasteiger partial charge on any atom is -0.355 e. The number of nitrogens with zero attached hydrogens (tertiary/aromatic N) is 1. The van der Waals surface area contributed by atoms with E-state index in [1.54, 1.807) is 23.1 Å². The Hall–Kier alpha value is -2.11. The van der Waals surface area contributed by atoms with Gasteiger partial charge in [-0.05, 0) is 24.5 Å². The summed E-state index contributed by atoms with van der Waals surface area (Å²) in [6.45, 7) is 2.75. The third-order valence-corrected chi connectivity index (χ3v) is 6.07. The highest BCUT2D eigenvalue weighted by Gasteiger charge is 2.08. The molecule has 0 bridgehead atoms. The van der Waals surface area contributed by atoms with Gasteiger partial charge in [0.15, 0.2) is 0 Å². The van der Waals surface area contributed by atoms with Crippen LogP contribution in [0.5, 0.6) is 0 Å². The first-order valence-corrected chi connectivity index (χ1v) is 10.5. The molecule has 1 aromatic heterocycles. The van der Waals surface area contributed by atoms with E-state index in [-0.39, 0.29) is 5.91 Å². The molecule has 3 nitrogen and oxygen atoms in total. The minimum absolute atomic E-state index is 0.0290. The van der Waals surface area contributed by atoms with Gasteiger partial charge in [-0.2, -0.15) is 0 Å². The van der Waals surface area contributed by atoms with Gasteiger partial charge in [0, 0.05) is 17.7 Å². The van der Waals surface area contributed by atoms with Crippen LogP contribution in [0.3, 0.4) is 0 Å². The Labute approximate surface area is 162 Å². The number of aromatic nitrogens is 1. The van der Waals surface area contributed by atoms with Crippen molar-refractivity contribution in [2.75, 3.05) is 6.54 Å². The molecule has 1 N–H and O–H groups in total. The lowest BCUT2D eigenvalue weighted by atomic mass is 10.1. The molecule has 0 saturated carbocycles. The quantitative estimate of drug-likeness (QED) is 0.577. The van der Waals surface area contributed by atoms with Crippen molar-refractivity contribution in [1.82, 2.24) is 10.3 Å². The molecule has 0 aliphatic carbocycles. The van der Waals surface area contributed by atoms with Crippen LogP contribution < -0.4 is 5.32 Å². The summed E-state index contributed by atoms with van der Waals surface area (Å²) in [4.78, 5) is 16.6. The molecule has 0 spiro atoms. The van der Waals surface area contributed by atoms with Crippen molar-refractivity contribution < 1.29 is 4.79 Å². The van der Waals surface area contributed by atoms with Crippen molar-refractivity contribution in [3.63, 3.8) is 0 Å². The van der Waals surface area contributed by atoms with Crippen LogP contribution in [0.2, 0.25) is 0 Å². The van der Waals surface area contributed by atoms with E-state index in [4.69, 9.17) is 0 Å². The van der Waals surface area contributed by atoms with Crippen LogP contribution >= 0.6 is 23.1 Å². The second-order valence-electron chi connectivity index (χ2n) is 6.14. The van der Waals surface area contributed by atoms with Crippen LogP contribution in [0.4, 0.5) is 0 Å². The van der Waals surface area contributed by atoms with Crippen molar-refractivity contribution in [1.29, 1.82) is 0 Å². The normalized spacial score (nSPS) is 10.7. The van der Waals surface area contributed by atoms with E-state index in [0.717, 1.165) is 22.2 Å². The van der Waals surface area contributed by atoms with Gasteiger partial charge in [0.1, 0.15) is 4.34 Å². The Morgan fingerprint density at radius 1 is 1.08 bits per heavy atom. The maximum atomic E-state index is 12.1. The molecule has 0 aliphatic rings. The summed E-state index contributed by atoms with van der Waals surface area (Å²) in [5, 5.41) is 4.95. The summed E-state index contributed by atoms with van der Waals surface area (Å²) in [6, 6.07) is 18.7. The number of rotatable bonds is 8. The summed E-state index contributed by atoms with van der Waals surface area (Å²) in [7, 11) is 0. The Balaban J connectivity index is 1.41. The van der Waals surface area contributed by atoms with Gasteiger partial charge in [-0.25, -0.2) is 4.98 Å². The predicted octanol–water partition coefficient (Wildman–Crippen LogP) is 4.65. The number of carbonyl (C=O) groups excluding carboxylic acids is 1. The van der Waals surface area contributed by atoms with Crippen LogP contribution in [-0.4, -0.2) is 17.4 Å². The summed E-state index contributed by atoms with van der Waals surface area (Å²) < 4.78 is 1.01. The lowest BCUT2D eigenvalue weighted by Gasteiger charge is -2.04. The lowest BCUT2D eigenvalue weighted by Crippen LogP contribution is -2.27. The Kier molecular flexibility index (Phi) is 6.86. The number of aryl methyl sites for hydroxylation is 1. The average Bonchev–Trinajstić information content (AvgIpc) is 3.09. The first kappa shape index (κ1) is 18.7. The van der Waals surface area contributed by atoms with Crippen molar-refractivity contribution in [2.24, 2.45) is 0 Å². The number of nitrogens with one attached hydrogen (secondary N) is 1. The number of thiazole rings is 1. The largest absolute Gasteiger partial charge is 0.355 e. The number of thioether (sulfide) groups is 1. The number of carbonyl (C=O) groups is 1. The molecule has 5 heteroatoms. The molecule has 0 saturated heterocycles. The molecule has 0 atom stereocenters. The fourth-order valence-electron chi connectivity index (χ4n) is 2.48. The molecule has 0 fully saturated rings. The fraction of sp³-hybridized carbons (Fsp3) is 0.238. The molecule has 0 radical (unpaired) electrons. The molecular weight excluding hydrogens is 360 g/mol. The van der Waals surface area contributed by atoms with E-state index in [0.29, 0.717) is 13.0 Å². The molecule has 0 unspecified atom stereocenters. The molecule has 3 rings (SSSR count). The first-order chi connectivity index (χ1) is 12.7. The van der Waals surface area contributed by atoms with Crippen LogP contribution in [-0.2, 0) is 23.4 Å². The Bertz CT molecular complexity index is 829. The number of amides is 1. The first-order valence-electron chi connectivity index (χ1n) is 8.62. The van der Waals surface area contributed by atoms with Crippen molar-refractivity contribution in [2.45, 2.75) is 29.9 Å². The molecule has 2 aromatic carbocycles. The highest BCUT2D eigenvalue weighted by molar-refractivity contribution is 8.00. The second kappa shape index (κ2) is 9.55. The number of hydrogen-bond acceptors (Lipinski definition) is 4. The van der Waals surface area contributed by atoms with Crippen molar-refractivity contribution >= 4 is 29.0 Å². The van der Waals surface area contributed by atoms with Gasteiger partial charge >= 0.3 is 0 Å². The van der Waals surface area contributed by atoms with E-state index >= 15 is 0 Å². The van der Waals surface area contributed by atoms with Crippen molar-refractivity contribution in [3.8, 4) is 0 Å². The third kappa shape index (κ3) is 6.00. The van der Waals surface area contributed by atoms with Crippen LogP contribution in [0.25, 0.3) is 0 Å². The molecule has 0 aliphatic heterocycles. The van der Waals surface area contributed by atoms with Gasteiger partial charge in [0.25, 0.3) is 0 Å². The zero-order valence-electron chi connectivity index (χ0n) is 14.8. The monoisotopic (exact) mass is 382 g/mol. The van der Waals surface area contributed by atoms with E-state index < -0.39 is 0 Å². The maximum absolute atomic E-state index is 12.1. The third-order valence-electron chi connectivity index (χ3n) is 3.93. The molecule has 134 valence electrons. The summed E-state index contributed by atoms with van der Waals surface area (Å²) in [6.07, 6.45) is 1.19. The van der Waals surface area contributed by atoms with Gasteiger partial charge in [-0.1, -0.05) is 71.9 Å². The zero-order valence-corrected chi connectivity index (χ0v) is 16.4. The number of hydrogen-bond donors (Lipinski definition) is 1. The molecule has 1 amide bonds. The summed E-state index contributed by atoms with van der Waals surface area (Å²) in [5.41, 5.74) is 4.64. The molecular formula is C21H22N2OS2. The Morgan fingerprint density at radius 3 is 2.62 bits per heavy atom. The lowest BCUT2D eigenvalue weighted by molar-refractivity contribution is -0.120. The van der Waals surface area contributed by atoms with E-state index in [2.05, 4.69) is 53.6 Å². The minimum atomic E-state index is 0.0290. The van der Waals surface area contributed by atoms with E-state index in [1.165, 1.54) is 16.7 Å². The average molecular weight is 383 g/mol. The van der Waals surface area contributed by atoms with Crippen LogP contribution in [0, 0.1) is 6.92 Å². The number of benzene rings is 2. The van der Waals surface area contributed by atoms with Gasteiger partial charge in [-0.15, -0.1) is 11.3 Å². The standard InChI is InChI=1S/C21H22N2OS2/c1-16-7-9-18(10-8-16)14-25-21-23-19(15-26-21)13-20(24)22-12-11-17-5-3-2-4-6-17/h2-10,15H,11-14H2,1H3,(H,22,24). The molecule has 3 aromatic rings. The summed E-state index contributed by atoms with van der Waals surface area (Å²) >= 11 is 3.32. The predicted molar refractivity (Wildman–Crippen MR) is 110 cm³/mol. The highest BCUT2D eigenvalue weighted by Crippen LogP contribution is 2.26. The van der Waals surface area contributed by atoms with E-state index in [9.17, 15) is 4.79 Å². The van der Waals surface area contributed by atoms with Gasteiger partial charge in [-0.3, -0.25) is 4.79 Å². The van der Waals surface area contributed by atoms with Gasteiger partial charge in [0.05, 0.1) is 12.1 Å². The zero-order chi connectivity index (χ0) is 18.2. The van der Waals surface area contributed by atoms with Crippen molar-refractivity contribution in [3.05, 3.63) is 82.4 Å². The van der Waals surface area contributed by atoms with Gasteiger partial charge in [0.2, 0.25) is 5.91 Å². The SMILES string of the molecule is Cc1ccc(CSc2nc(CC(=O)NCCc3ccccc3)cs2)cc1. The fourth-order valence-corrected chi connectivity index (χ4v) is 4.28. The second-order valence-corrected chi connectivity index (χ2v) is 8.22. The van der Waals surface area contributed by atoms with Crippen LogP contribution in [0.1, 0.15) is 22.4 Å². The molecule has 1 heterocycles. The topological polar surface area (TPSA) is 42.0 Å². The maximum Gasteiger partial charge on any atom is 0.226 e. The molecule has 26 heavy (non-hydrogen) atoms. The Morgan fingerprint density at radius 2 is 1.85 bits per heavy atom. The smallest absolute Gasteiger partial charge is 0.226 e. The van der Waals surface area contributed by atoms with Gasteiger partial charge < -0.3 is 5.32 Å². The summed E-state index contributed by atoms with van der Waals surface area (Å²) in [5.74, 6) is 0.928. The highest BCUT2D eigenvalue weighted by atomic mass is 32.2.